The van der Waals surface area contributed by atoms with Crippen LogP contribution in [0.4, 0.5) is 0 Å². The summed E-state index contributed by atoms with van der Waals surface area (Å²) in [5.41, 5.74) is 0. The fraction of sp³-hybridized carbons (Fsp3) is 0.625. The van der Waals surface area contributed by atoms with Crippen LogP contribution in [0.3, 0.4) is 0 Å². The second kappa shape index (κ2) is 6.02. The molecule has 0 bridgehead atoms. The molecule has 0 unspecified atom stereocenters. The van der Waals surface area contributed by atoms with Gasteiger partial charge in [-0.15, -0.1) is 11.8 Å². The van der Waals surface area contributed by atoms with Crippen molar-refractivity contribution in [3.8, 4) is 0 Å². The van der Waals surface area contributed by atoms with Gasteiger partial charge >= 0.3 is 5.97 Å². The molecule has 0 saturated carbocycles. The third-order valence-corrected chi connectivity index (χ3v) is 3.66. The Hall–Kier alpha value is -0.690. The highest BCUT2D eigenvalue weighted by molar-refractivity contribution is 8.14. The maximum atomic E-state index is 11.2. The van der Waals surface area contributed by atoms with Crippen molar-refractivity contribution in [3.63, 3.8) is 0 Å². The van der Waals surface area contributed by atoms with E-state index in [4.69, 9.17) is 5.11 Å². The van der Waals surface area contributed by atoms with Crippen LogP contribution in [-0.2, 0) is 14.4 Å². The van der Waals surface area contributed by atoms with E-state index in [0.717, 1.165) is 17.5 Å². The van der Waals surface area contributed by atoms with E-state index in [1.165, 1.54) is 11.8 Å². The Kier molecular flexibility index (Phi) is 4.97. The molecule has 1 aliphatic heterocycles. The second-order valence-electron chi connectivity index (χ2n) is 2.96. The molecule has 0 radical (unpaired) electrons. The van der Waals surface area contributed by atoms with E-state index in [1.54, 1.807) is 0 Å². The van der Waals surface area contributed by atoms with Crippen LogP contribution in [0, 0.1) is 0 Å². The molecule has 0 aromatic heterocycles. The molecule has 0 spiro atoms. The number of hydrogen-bond donors (Lipinski definition) is 2. The van der Waals surface area contributed by atoms with Gasteiger partial charge in [0.05, 0.1) is 17.5 Å². The molecule has 2 N–H and O–H groups in total. The monoisotopic (exact) mass is 249 g/mol. The Morgan fingerprint density at radius 2 is 2.27 bits per heavy atom. The van der Waals surface area contributed by atoms with Crippen LogP contribution in [-0.4, -0.2) is 45.4 Å². The maximum absolute atomic E-state index is 11.2. The Labute approximate surface area is 95.4 Å². The summed E-state index contributed by atoms with van der Waals surface area (Å²) in [5.74, 6) is -0.490. The molecular formula is C8H11NO4S2. The van der Waals surface area contributed by atoms with Crippen LogP contribution in [0.5, 0.6) is 0 Å². The van der Waals surface area contributed by atoms with Crippen LogP contribution in [0.25, 0.3) is 0 Å². The van der Waals surface area contributed by atoms with Gasteiger partial charge in [-0.1, -0.05) is 11.8 Å². The first-order chi connectivity index (χ1) is 7.09. The lowest BCUT2D eigenvalue weighted by atomic mass is 10.2. The fourth-order valence-corrected chi connectivity index (χ4v) is 2.57. The molecular weight excluding hydrogens is 238 g/mol. The molecule has 1 heterocycles. The van der Waals surface area contributed by atoms with Crippen molar-refractivity contribution >= 4 is 40.5 Å². The minimum Gasteiger partial charge on any atom is -0.481 e. The summed E-state index contributed by atoms with van der Waals surface area (Å²) in [7, 11) is 0. The number of carbonyl (C=O) groups is 3. The van der Waals surface area contributed by atoms with Gasteiger partial charge in [0.2, 0.25) is 11.0 Å². The molecule has 1 rings (SSSR count). The predicted octanol–water partition coefficient (Wildman–Crippen LogP) is -0.0475. The van der Waals surface area contributed by atoms with Crippen molar-refractivity contribution < 1.29 is 19.5 Å². The van der Waals surface area contributed by atoms with Crippen LogP contribution in [0.15, 0.2) is 0 Å². The zero-order chi connectivity index (χ0) is 11.3. The van der Waals surface area contributed by atoms with Crippen LogP contribution in [0.2, 0.25) is 0 Å². The number of carbonyl (C=O) groups excluding carboxylic acids is 2. The Morgan fingerprint density at radius 3 is 2.80 bits per heavy atom. The minimum atomic E-state index is -0.944. The van der Waals surface area contributed by atoms with Gasteiger partial charge in [-0.25, -0.2) is 0 Å². The van der Waals surface area contributed by atoms with Crippen LogP contribution in [0.1, 0.15) is 6.42 Å². The van der Waals surface area contributed by atoms with Crippen molar-refractivity contribution in [1.29, 1.82) is 0 Å². The lowest BCUT2D eigenvalue weighted by Crippen LogP contribution is -2.38. The lowest BCUT2D eigenvalue weighted by molar-refractivity contribution is -0.133. The first-order valence-electron chi connectivity index (χ1n) is 4.35. The average molecular weight is 249 g/mol. The van der Waals surface area contributed by atoms with Gasteiger partial charge in [-0.2, -0.15) is 0 Å². The van der Waals surface area contributed by atoms with E-state index in [1.807, 2.05) is 0 Å². The summed E-state index contributed by atoms with van der Waals surface area (Å²) < 4.78 is 0. The van der Waals surface area contributed by atoms with Crippen LogP contribution >= 0.6 is 23.5 Å². The lowest BCUT2D eigenvalue weighted by Gasteiger charge is -2.08. The predicted molar refractivity (Wildman–Crippen MR) is 59.0 cm³/mol. The Balaban J connectivity index is 2.18. The molecule has 1 atom stereocenters. The molecule has 1 fully saturated rings. The van der Waals surface area contributed by atoms with E-state index in [2.05, 4.69) is 5.32 Å². The van der Waals surface area contributed by atoms with Crippen molar-refractivity contribution in [2.45, 2.75) is 12.5 Å². The highest BCUT2D eigenvalue weighted by Crippen LogP contribution is 2.19. The largest absolute Gasteiger partial charge is 0.481 e. The number of rotatable bonds is 5. The van der Waals surface area contributed by atoms with E-state index in [0.29, 0.717) is 6.42 Å². The van der Waals surface area contributed by atoms with Crippen molar-refractivity contribution in [2.24, 2.45) is 0 Å². The molecule has 1 amide bonds. The summed E-state index contributed by atoms with van der Waals surface area (Å²) in [6.07, 6.45) is 0.666. The summed E-state index contributed by atoms with van der Waals surface area (Å²) in [5, 5.41) is 10.9. The number of amides is 1. The second-order valence-corrected chi connectivity index (χ2v) is 5.05. The van der Waals surface area contributed by atoms with E-state index < -0.39 is 5.97 Å². The molecule has 0 aromatic carbocycles. The molecule has 15 heavy (non-hydrogen) atoms. The first kappa shape index (κ1) is 12.4. The van der Waals surface area contributed by atoms with Gasteiger partial charge < -0.3 is 10.4 Å². The molecule has 84 valence electrons. The minimum absolute atomic E-state index is 0.00779. The number of carboxylic acids is 1. The smallest absolute Gasteiger partial charge is 0.313 e. The highest BCUT2D eigenvalue weighted by atomic mass is 32.2. The Bertz CT molecular complexity index is 282. The molecule has 0 aromatic rings. The SMILES string of the molecule is O=C(O)CSCC(=O)N[C@H]1CCSC1=O. The number of carboxylic acid groups (broad SMARTS) is 1. The van der Waals surface area contributed by atoms with Crippen molar-refractivity contribution in [3.05, 3.63) is 0 Å². The van der Waals surface area contributed by atoms with Gasteiger partial charge in [-0.05, 0) is 6.42 Å². The van der Waals surface area contributed by atoms with E-state index in [9.17, 15) is 14.4 Å². The average Bonchev–Trinajstić information content (AvgIpc) is 2.51. The molecule has 5 nitrogen and oxygen atoms in total. The van der Waals surface area contributed by atoms with E-state index in [-0.39, 0.29) is 28.6 Å². The quantitative estimate of drug-likeness (QED) is 0.711. The highest BCUT2D eigenvalue weighted by Gasteiger charge is 2.26. The maximum Gasteiger partial charge on any atom is 0.313 e. The number of nitrogens with one attached hydrogen (secondary N) is 1. The van der Waals surface area contributed by atoms with Gasteiger partial charge in [-0.3, -0.25) is 14.4 Å². The molecule has 1 saturated heterocycles. The van der Waals surface area contributed by atoms with Crippen LogP contribution < -0.4 is 5.32 Å². The third-order valence-electron chi connectivity index (χ3n) is 1.73. The number of aliphatic carboxylic acids is 1. The van der Waals surface area contributed by atoms with E-state index >= 15 is 0 Å². The summed E-state index contributed by atoms with van der Waals surface area (Å²) in [6.45, 7) is 0. The van der Waals surface area contributed by atoms with Crippen molar-refractivity contribution in [1.82, 2.24) is 5.32 Å². The number of hydrogen-bond acceptors (Lipinski definition) is 5. The summed E-state index contributed by atoms with van der Waals surface area (Å²) in [4.78, 5) is 32.5. The topological polar surface area (TPSA) is 83.5 Å². The third kappa shape index (κ3) is 4.57. The summed E-state index contributed by atoms with van der Waals surface area (Å²) in [6, 6.07) is -0.382. The Morgan fingerprint density at radius 1 is 1.53 bits per heavy atom. The number of thioether (sulfide) groups is 2. The molecule has 1 aliphatic rings. The first-order valence-corrected chi connectivity index (χ1v) is 6.49. The molecule has 7 heteroatoms. The van der Waals surface area contributed by atoms with Gasteiger partial charge in [0, 0.05) is 5.75 Å². The standard InChI is InChI=1S/C8H11NO4S2/c10-6(3-14-4-7(11)12)9-5-1-2-15-8(5)13/h5H,1-4H2,(H,9,10)(H,11,12)/t5-/m0/s1. The molecule has 0 aliphatic carbocycles. The van der Waals surface area contributed by atoms with Crippen molar-refractivity contribution in [2.75, 3.05) is 17.3 Å². The normalized spacial score (nSPS) is 20.3. The van der Waals surface area contributed by atoms with Gasteiger partial charge in [0.1, 0.15) is 0 Å². The van der Waals surface area contributed by atoms with Gasteiger partial charge in [0.15, 0.2) is 0 Å². The zero-order valence-electron chi connectivity index (χ0n) is 7.89. The fourth-order valence-electron chi connectivity index (χ4n) is 1.09. The summed E-state index contributed by atoms with van der Waals surface area (Å²) >= 11 is 2.25. The van der Waals surface area contributed by atoms with Gasteiger partial charge in [0.25, 0.3) is 0 Å². The zero-order valence-corrected chi connectivity index (χ0v) is 9.53.